The fraction of sp³-hybridized carbons (Fsp3) is 0.222. The van der Waals surface area contributed by atoms with Crippen LogP contribution in [0.1, 0.15) is 27.4 Å². The van der Waals surface area contributed by atoms with E-state index >= 15 is 0 Å². The summed E-state index contributed by atoms with van der Waals surface area (Å²) in [5, 5.41) is 6.65. The van der Waals surface area contributed by atoms with Crippen LogP contribution in [-0.4, -0.2) is 28.1 Å². The maximum absolute atomic E-state index is 12.6. The topological polar surface area (TPSA) is 90.1 Å². The molecule has 1 N–H and O–H groups in total. The number of benzene rings is 1. The molecular weight excluding hydrogens is 320 g/mol. The van der Waals surface area contributed by atoms with Gasteiger partial charge in [0.15, 0.2) is 5.82 Å². The van der Waals surface area contributed by atoms with E-state index in [2.05, 4.69) is 20.4 Å². The minimum absolute atomic E-state index is 0.242. The Hall–Kier alpha value is -3.22. The molecule has 0 bridgehead atoms. The van der Waals surface area contributed by atoms with Gasteiger partial charge in [0.25, 0.3) is 11.8 Å². The molecule has 0 saturated heterocycles. The van der Waals surface area contributed by atoms with Crippen molar-refractivity contribution in [2.75, 3.05) is 7.11 Å². The van der Waals surface area contributed by atoms with E-state index in [1.54, 1.807) is 32.2 Å². The molecule has 1 aromatic carbocycles. The molecule has 2 aromatic heterocycles. The maximum Gasteiger partial charge on any atom is 0.258 e. The fourth-order valence-electron chi connectivity index (χ4n) is 2.42. The molecule has 7 nitrogen and oxygen atoms in total. The number of amides is 1. The van der Waals surface area contributed by atoms with Crippen molar-refractivity contribution in [3.05, 3.63) is 59.0 Å². The summed E-state index contributed by atoms with van der Waals surface area (Å²) in [5.74, 6) is 1.09. The van der Waals surface area contributed by atoms with Crippen molar-refractivity contribution in [3.63, 3.8) is 0 Å². The molecule has 0 aliphatic rings. The first-order valence-corrected chi connectivity index (χ1v) is 7.77. The van der Waals surface area contributed by atoms with Gasteiger partial charge in [0, 0.05) is 17.8 Å². The number of carbonyl (C=O) groups is 1. The lowest BCUT2D eigenvalue weighted by atomic mass is 10.1. The molecule has 0 unspecified atom stereocenters. The van der Waals surface area contributed by atoms with E-state index in [0.29, 0.717) is 35.3 Å². The van der Waals surface area contributed by atoms with Gasteiger partial charge in [-0.15, -0.1) is 0 Å². The van der Waals surface area contributed by atoms with Crippen LogP contribution in [0.25, 0.3) is 11.5 Å². The van der Waals surface area contributed by atoms with Gasteiger partial charge in [-0.3, -0.25) is 4.79 Å². The van der Waals surface area contributed by atoms with Crippen LogP contribution in [0.2, 0.25) is 0 Å². The molecule has 0 spiro atoms. The third kappa shape index (κ3) is 3.65. The molecule has 0 atom stereocenters. The Bertz CT molecular complexity index is 905. The van der Waals surface area contributed by atoms with E-state index < -0.39 is 0 Å². The number of hydrogen-bond acceptors (Lipinski definition) is 6. The summed E-state index contributed by atoms with van der Waals surface area (Å²) in [4.78, 5) is 21.1. The number of ether oxygens (including phenoxy) is 1. The molecular formula is C18H18N4O3. The largest absolute Gasteiger partial charge is 0.481 e. The van der Waals surface area contributed by atoms with Crippen molar-refractivity contribution in [3.8, 4) is 17.3 Å². The highest BCUT2D eigenvalue weighted by Gasteiger charge is 2.17. The lowest BCUT2D eigenvalue weighted by Gasteiger charge is -2.11. The number of methoxy groups -OCH3 is 1. The Morgan fingerprint density at radius 3 is 2.68 bits per heavy atom. The molecule has 1 amide bonds. The second-order valence-electron chi connectivity index (χ2n) is 5.50. The number of aryl methyl sites for hydroxylation is 2. The first kappa shape index (κ1) is 16.6. The molecule has 0 radical (unpaired) electrons. The maximum atomic E-state index is 12.6. The predicted molar refractivity (Wildman–Crippen MR) is 91.2 cm³/mol. The highest BCUT2D eigenvalue weighted by atomic mass is 16.5. The predicted octanol–water partition coefficient (Wildman–Crippen LogP) is 2.69. The summed E-state index contributed by atoms with van der Waals surface area (Å²) in [6.45, 7) is 3.91. The molecule has 0 aliphatic heterocycles. The SMILES string of the molecule is COc1nc(C)ccc1CNC(=O)c1ccccc1-c1nc(C)no1. The summed E-state index contributed by atoms with van der Waals surface area (Å²) >= 11 is 0. The van der Waals surface area contributed by atoms with Crippen LogP contribution in [0.3, 0.4) is 0 Å². The van der Waals surface area contributed by atoms with Gasteiger partial charge >= 0.3 is 0 Å². The Labute approximate surface area is 145 Å². The van der Waals surface area contributed by atoms with E-state index in [0.717, 1.165) is 11.3 Å². The van der Waals surface area contributed by atoms with E-state index in [1.807, 2.05) is 25.1 Å². The van der Waals surface area contributed by atoms with Gasteiger partial charge in [-0.1, -0.05) is 23.4 Å². The number of carbonyl (C=O) groups excluding carboxylic acids is 1. The van der Waals surface area contributed by atoms with Crippen LogP contribution >= 0.6 is 0 Å². The molecule has 25 heavy (non-hydrogen) atoms. The van der Waals surface area contributed by atoms with E-state index in [-0.39, 0.29) is 5.91 Å². The first-order chi connectivity index (χ1) is 12.1. The number of hydrogen-bond donors (Lipinski definition) is 1. The van der Waals surface area contributed by atoms with Crippen molar-refractivity contribution in [1.82, 2.24) is 20.4 Å². The number of pyridine rings is 1. The third-order valence-electron chi connectivity index (χ3n) is 3.64. The van der Waals surface area contributed by atoms with Gasteiger partial charge in [0.2, 0.25) is 5.88 Å². The van der Waals surface area contributed by atoms with Crippen LogP contribution in [-0.2, 0) is 6.54 Å². The lowest BCUT2D eigenvalue weighted by Crippen LogP contribution is -2.24. The molecule has 0 saturated carbocycles. The Kier molecular flexibility index (Phi) is 4.74. The van der Waals surface area contributed by atoms with Crippen LogP contribution in [0.4, 0.5) is 0 Å². The van der Waals surface area contributed by atoms with Crippen LogP contribution in [0.15, 0.2) is 40.9 Å². The van der Waals surface area contributed by atoms with Crippen LogP contribution in [0, 0.1) is 13.8 Å². The van der Waals surface area contributed by atoms with Gasteiger partial charge in [-0.2, -0.15) is 4.98 Å². The molecule has 3 rings (SSSR count). The zero-order valence-corrected chi connectivity index (χ0v) is 14.2. The van der Waals surface area contributed by atoms with Gasteiger partial charge < -0.3 is 14.6 Å². The quantitative estimate of drug-likeness (QED) is 0.769. The molecule has 3 aromatic rings. The standard InChI is InChI=1S/C18H18N4O3/c1-11-8-9-13(17(20-11)24-3)10-19-16(23)14-6-4-5-7-15(14)18-21-12(2)22-25-18/h4-9H,10H2,1-3H3,(H,19,23). The van der Waals surface area contributed by atoms with Crippen molar-refractivity contribution in [2.45, 2.75) is 20.4 Å². The molecule has 0 fully saturated rings. The minimum Gasteiger partial charge on any atom is -0.481 e. The zero-order chi connectivity index (χ0) is 17.8. The zero-order valence-electron chi connectivity index (χ0n) is 14.2. The highest BCUT2D eigenvalue weighted by Crippen LogP contribution is 2.22. The summed E-state index contributed by atoms with van der Waals surface area (Å²) in [5.41, 5.74) is 2.70. The van der Waals surface area contributed by atoms with E-state index in [9.17, 15) is 4.79 Å². The second kappa shape index (κ2) is 7.12. The molecule has 128 valence electrons. The second-order valence-corrected chi connectivity index (χ2v) is 5.50. The van der Waals surface area contributed by atoms with Gasteiger partial charge in [-0.05, 0) is 32.0 Å². The molecule has 0 aliphatic carbocycles. The van der Waals surface area contributed by atoms with Crippen LogP contribution in [0.5, 0.6) is 5.88 Å². The lowest BCUT2D eigenvalue weighted by molar-refractivity contribution is 0.0951. The molecule has 2 heterocycles. The monoisotopic (exact) mass is 338 g/mol. The number of nitrogens with one attached hydrogen (secondary N) is 1. The van der Waals surface area contributed by atoms with E-state index in [4.69, 9.17) is 9.26 Å². The van der Waals surface area contributed by atoms with Gasteiger partial charge in [0.05, 0.1) is 18.2 Å². The average molecular weight is 338 g/mol. The Morgan fingerprint density at radius 1 is 1.16 bits per heavy atom. The van der Waals surface area contributed by atoms with Crippen LogP contribution < -0.4 is 10.1 Å². The molecule has 7 heteroatoms. The van der Waals surface area contributed by atoms with Crippen molar-refractivity contribution < 1.29 is 14.1 Å². The number of nitrogens with zero attached hydrogens (tertiary/aromatic N) is 3. The average Bonchev–Trinajstić information content (AvgIpc) is 3.06. The van der Waals surface area contributed by atoms with Crippen molar-refractivity contribution in [1.29, 1.82) is 0 Å². The van der Waals surface area contributed by atoms with E-state index in [1.165, 1.54) is 0 Å². The Balaban J connectivity index is 1.81. The van der Waals surface area contributed by atoms with Crippen molar-refractivity contribution >= 4 is 5.91 Å². The minimum atomic E-state index is -0.242. The smallest absolute Gasteiger partial charge is 0.258 e. The summed E-state index contributed by atoms with van der Waals surface area (Å²) in [7, 11) is 1.56. The normalized spacial score (nSPS) is 10.5. The van der Waals surface area contributed by atoms with Crippen molar-refractivity contribution in [2.24, 2.45) is 0 Å². The summed E-state index contributed by atoms with van der Waals surface area (Å²) in [6, 6.07) is 10.9. The number of rotatable bonds is 5. The number of aromatic nitrogens is 3. The van der Waals surface area contributed by atoms with Gasteiger partial charge in [0.1, 0.15) is 0 Å². The fourth-order valence-corrected chi connectivity index (χ4v) is 2.42. The summed E-state index contributed by atoms with van der Waals surface area (Å²) < 4.78 is 10.4. The highest BCUT2D eigenvalue weighted by molar-refractivity contribution is 5.99. The first-order valence-electron chi connectivity index (χ1n) is 7.77. The van der Waals surface area contributed by atoms with Gasteiger partial charge in [-0.25, -0.2) is 4.98 Å². The summed E-state index contributed by atoms with van der Waals surface area (Å²) in [6.07, 6.45) is 0. The third-order valence-corrected chi connectivity index (χ3v) is 3.64. The Morgan fingerprint density at radius 2 is 1.96 bits per heavy atom.